The van der Waals surface area contributed by atoms with E-state index in [1.165, 1.54) is 36.4 Å². The molecule has 9 nitrogen and oxygen atoms in total. The number of aromatic nitrogens is 1. The molecule has 2 heterocycles. The number of carboxylic acid groups (broad SMARTS) is 1. The smallest absolute Gasteiger partial charge is 0.326 e. The molecule has 29 heavy (non-hydrogen) atoms. The number of hydrogen-bond acceptors (Lipinski definition) is 5. The standard InChI is InChI=1S/C20H19N3O6/c1-22-9-6-16(24)18(19(22)27)23(20(28)21-8-5-17(25)26)15-4-2-3-13(11-15)14-7-10-29-12-14/h2-4,6-7,9-12,24H,5,8H2,1H3,(H,21,28)(H,25,26). The number of furan rings is 1. The maximum Gasteiger partial charge on any atom is 0.326 e. The van der Waals surface area contributed by atoms with Crippen LogP contribution in [0.3, 0.4) is 0 Å². The molecule has 150 valence electrons. The largest absolute Gasteiger partial charge is 0.505 e. The van der Waals surface area contributed by atoms with Crippen LogP contribution >= 0.6 is 0 Å². The number of urea groups is 1. The second-order valence-corrected chi connectivity index (χ2v) is 6.24. The van der Waals surface area contributed by atoms with Crippen molar-refractivity contribution in [1.29, 1.82) is 0 Å². The summed E-state index contributed by atoms with van der Waals surface area (Å²) in [5.74, 6) is -1.45. The quantitative estimate of drug-likeness (QED) is 0.587. The second kappa shape index (κ2) is 8.34. The molecular formula is C20H19N3O6. The van der Waals surface area contributed by atoms with Gasteiger partial charge in [0.05, 0.1) is 24.6 Å². The first-order chi connectivity index (χ1) is 13.9. The predicted octanol–water partition coefficient (Wildman–Crippen LogP) is 2.67. The van der Waals surface area contributed by atoms with Gasteiger partial charge in [-0.2, -0.15) is 0 Å². The van der Waals surface area contributed by atoms with Gasteiger partial charge in [-0.15, -0.1) is 0 Å². The molecule has 0 unspecified atom stereocenters. The third kappa shape index (κ3) is 4.29. The van der Waals surface area contributed by atoms with Crippen LogP contribution in [0.4, 0.5) is 16.2 Å². The number of amides is 2. The lowest BCUT2D eigenvalue weighted by Gasteiger charge is -2.24. The molecule has 0 bridgehead atoms. The minimum absolute atomic E-state index is 0.139. The van der Waals surface area contributed by atoms with Gasteiger partial charge in [0.1, 0.15) is 5.75 Å². The summed E-state index contributed by atoms with van der Waals surface area (Å²) in [5, 5.41) is 21.6. The van der Waals surface area contributed by atoms with Crippen LogP contribution in [0.5, 0.6) is 5.75 Å². The fraction of sp³-hybridized carbons (Fsp3) is 0.150. The monoisotopic (exact) mass is 397 g/mol. The number of carbonyl (C=O) groups excluding carboxylic acids is 1. The molecule has 0 saturated carbocycles. The van der Waals surface area contributed by atoms with E-state index in [1.54, 1.807) is 30.3 Å². The van der Waals surface area contributed by atoms with Crippen LogP contribution in [0.25, 0.3) is 11.1 Å². The predicted molar refractivity (Wildman–Crippen MR) is 105 cm³/mol. The maximum atomic E-state index is 12.9. The Hall–Kier alpha value is -4.01. The van der Waals surface area contributed by atoms with Crippen molar-refractivity contribution in [2.24, 2.45) is 7.05 Å². The van der Waals surface area contributed by atoms with Gasteiger partial charge < -0.3 is 24.5 Å². The van der Waals surface area contributed by atoms with Crippen molar-refractivity contribution in [1.82, 2.24) is 9.88 Å². The number of nitrogens with one attached hydrogen (secondary N) is 1. The van der Waals surface area contributed by atoms with E-state index >= 15 is 0 Å². The Morgan fingerprint density at radius 2 is 2.00 bits per heavy atom. The summed E-state index contributed by atoms with van der Waals surface area (Å²) in [7, 11) is 1.49. The molecule has 0 aliphatic heterocycles. The molecule has 0 radical (unpaired) electrons. The number of carboxylic acids is 1. The molecule has 0 saturated heterocycles. The van der Waals surface area contributed by atoms with Crippen molar-refractivity contribution in [3.8, 4) is 16.9 Å². The fourth-order valence-electron chi connectivity index (χ4n) is 2.77. The van der Waals surface area contributed by atoms with Gasteiger partial charge in [-0.25, -0.2) is 4.79 Å². The van der Waals surface area contributed by atoms with Crippen LogP contribution in [0.15, 0.2) is 64.3 Å². The second-order valence-electron chi connectivity index (χ2n) is 6.24. The Balaban J connectivity index is 2.08. The summed E-state index contributed by atoms with van der Waals surface area (Å²) in [6.07, 6.45) is 4.14. The minimum atomic E-state index is -1.07. The van der Waals surface area contributed by atoms with E-state index in [-0.39, 0.29) is 24.4 Å². The van der Waals surface area contributed by atoms with Crippen LogP contribution in [0.2, 0.25) is 0 Å². The first-order valence-electron chi connectivity index (χ1n) is 8.69. The highest BCUT2D eigenvalue weighted by molar-refractivity contribution is 6.01. The fourth-order valence-corrected chi connectivity index (χ4v) is 2.77. The van der Waals surface area contributed by atoms with Gasteiger partial charge >= 0.3 is 12.0 Å². The van der Waals surface area contributed by atoms with Gasteiger partial charge in [-0.1, -0.05) is 12.1 Å². The van der Waals surface area contributed by atoms with Crippen LogP contribution in [-0.2, 0) is 11.8 Å². The lowest BCUT2D eigenvalue weighted by molar-refractivity contribution is -0.136. The van der Waals surface area contributed by atoms with E-state index in [4.69, 9.17) is 9.52 Å². The van der Waals surface area contributed by atoms with Crippen molar-refractivity contribution in [2.45, 2.75) is 6.42 Å². The van der Waals surface area contributed by atoms with Gasteiger partial charge in [-0.05, 0) is 29.8 Å². The van der Waals surface area contributed by atoms with Gasteiger partial charge in [-0.3, -0.25) is 14.5 Å². The highest BCUT2D eigenvalue weighted by Gasteiger charge is 2.25. The Labute approximate surface area is 165 Å². The summed E-state index contributed by atoms with van der Waals surface area (Å²) in [4.78, 5) is 37.3. The van der Waals surface area contributed by atoms with Crippen LogP contribution in [0, 0.1) is 0 Å². The van der Waals surface area contributed by atoms with E-state index in [0.717, 1.165) is 16.0 Å². The highest BCUT2D eigenvalue weighted by atomic mass is 16.4. The maximum absolute atomic E-state index is 12.9. The van der Waals surface area contributed by atoms with E-state index in [2.05, 4.69) is 5.32 Å². The zero-order chi connectivity index (χ0) is 21.0. The molecule has 2 aromatic heterocycles. The molecule has 0 atom stereocenters. The molecule has 3 aromatic rings. The number of nitrogens with zero attached hydrogens (tertiary/aromatic N) is 2. The number of benzene rings is 1. The van der Waals surface area contributed by atoms with Crippen molar-refractivity contribution in [3.05, 3.63) is 65.5 Å². The van der Waals surface area contributed by atoms with Gasteiger partial charge in [0.15, 0.2) is 5.69 Å². The van der Waals surface area contributed by atoms with Crippen molar-refractivity contribution in [3.63, 3.8) is 0 Å². The number of pyridine rings is 1. The van der Waals surface area contributed by atoms with E-state index in [0.29, 0.717) is 5.69 Å². The average molecular weight is 397 g/mol. The Morgan fingerprint density at radius 3 is 2.69 bits per heavy atom. The average Bonchev–Trinajstić information content (AvgIpc) is 3.23. The summed E-state index contributed by atoms with van der Waals surface area (Å²) in [5.41, 5.74) is 0.976. The number of aryl methyl sites for hydroxylation is 1. The first kappa shape index (κ1) is 19.7. The third-order valence-electron chi connectivity index (χ3n) is 4.22. The lowest BCUT2D eigenvalue weighted by atomic mass is 10.1. The summed E-state index contributed by atoms with van der Waals surface area (Å²) in [6.45, 7) is -0.139. The summed E-state index contributed by atoms with van der Waals surface area (Å²) >= 11 is 0. The number of hydrogen-bond donors (Lipinski definition) is 3. The highest BCUT2D eigenvalue weighted by Crippen LogP contribution is 2.32. The SMILES string of the molecule is Cn1ccc(O)c(N(C(=O)NCCC(=O)O)c2cccc(-c3ccoc3)c2)c1=O. The molecule has 0 aliphatic rings. The number of aromatic hydroxyl groups is 1. The van der Waals surface area contributed by atoms with E-state index < -0.39 is 17.6 Å². The Kier molecular flexibility index (Phi) is 5.68. The lowest BCUT2D eigenvalue weighted by Crippen LogP contribution is -2.41. The van der Waals surface area contributed by atoms with Crippen LogP contribution in [0.1, 0.15) is 6.42 Å². The minimum Gasteiger partial charge on any atom is -0.505 e. The number of anilines is 2. The molecule has 9 heteroatoms. The molecule has 0 aliphatic carbocycles. The molecule has 2 amide bonds. The Morgan fingerprint density at radius 1 is 1.21 bits per heavy atom. The Bertz CT molecular complexity index is 1090. The van der Waals surface area contributed by atoms with Gasteiger partial charge in [0.25, 0.3) is 5.56 Å². The van der Waals surface area contributed by atoms with E-state index in [1.807, 2.05) is 0 Å². The van der Waals surface area contributed by atoms with Crippen molar-refractivity contribution >= 4 is 23.4 Å². The third-order valence-corrected chi connectivity index (χ3v) is 4.22. The van der Waals surface area contributed by atoms with Gasteiger partial charge in [0, 0.05) is 25.4 Å². The number of rotatable bonds is 6. The molecule has 0 spiro atoms. The number of aliphatic carboxylic acids is 1. The molecular weight excluding hydrogens is 378 g/mol. The van der Waals surface area contributed by atoms with E-state index in [9.17, 15) is 19.5 Å². The molecule has 3 rings (SSSR count). The summed E-state index contributed by atoms with van der Waals surface area (Å²) in [6, 6.07) is 9.06. The van der Waals surface area contributed by atoms with Crippen LogP contribution in [-0.4, -0.2) is 33.3 Å². The molecule has 1 aromatic carbocycles. The normalized spacial score (nSPS) is 10.5. The zero-order valence-electron chi connectivity index (χ0n) is 15.5. The van der Waals surface area contributed by atoms with Crippen molar-refractivity contribution in [2.75, 3.05) is 11.4 Å². The van der Waals surface area contributed by atoms with Crippen LogP contribution < -0.4 is 15.8 Å². The number of carbonyl (C=O) groups is 2. The summed E-state index contributed by atoms with van der Waals surface area (Å²) < 4.78 is 6.32. The van der Waals surface area contributed by atoms with Gasteiger partial charge in [0.2, 0.25) is 0 Å². The molecule has 3 N–H and O–H groups in total. The zero-order valence-corrected chi connectivity index (χ0v) is 15.5. The molecule has 0 fully saturated rings. The first-order valence-corrected chi connectivity index (χ1v) is 8.69. The van der Waals surface area contributed by atoms with Crippen molar-refractivity contribution < 1.29 is 24.2 Å². The topological polar surface area (TPSA) is 125 Å².